The highest BCUT2D eigenvalue weighted by molar-refractivity contribution is 7.69. The molecular weight excluding hydrogens is 277 g/mol. The number of nitrogens with zero attached hydrogens (tertiary/aromatic N) is 1. The molecule has 0 spiro atoms. The fourth-order valence-electron chi connectivity index (χ4n) is 2.20. The van der Waals surface area contributed by atoms with E-state index in [9.17, 15) is 0 Å². The monoisotopic (exact) mass is 301 g/mol. The van der Waals surface area contributed by atoms with Crippen molar-refractivity contribution in [2.75, 3.05) is 17.5 Å². The number of hydrogen-bond donors (Lipinski definition) is 0. The second-order valence-corrected chi connectivity index (χ2v) is 14.6. The summed E-state index contributed by atoms with van der Waals surface area (Å²) >= 11 is 0. The molecule has 1 atom stereocenters. The van der Waals surface area contributed by atoms with Crippen molar-refractivity contribution in [1.29, 1.82) is 0 Å². The Morgan fingerprint density at radius 1 is 0.850 bits per heavy atom. The van der Waals surface area contributed by atoms with Crippen molar-refractivity contribution in [3.05, 3.63) is 60.7 Å². The Labute approximate surface area is 125 Å². The van der Waals surface area contributed by atoms with Gasteiger partial charge in [0.2, 0.25) is 0 Å². The minimum absolute atomic E-state index is 0.286. The van der Waals surface area contributed by atoms with Crippen molar-refractivity contribution >= 4 is 27.1 Å². The Morgan fingerprint density at radius 3 is 1.85 bits per heavy atom. The van der Waals surface area contributed by atoms with Crippen LogP contribution >= 0.6 is 8.07 Å². The van der Waals surface area contributed by atoms with E-state index in [4.69, 9.17) is 0 Å². The van der Waals surface area contributed by atoms with E-state index in [0.29, 0.717) is 0 Å². The molecule has 106 valence electrons. The molecule has 3 heteroatoms. The maximum Gasteiger partial charge on any atom is 0.0510 e. The number of anilines is 1. The van der Waals surface area contributed by atoms with Gasteiger partial charge in [0.15, 0.2) is 0 Å². The molecule has 0 N–H and O–H groups in total. The molecule has 0 radical (unpaired) electrons. The highest BCUT2D eigenvalue weighted by atomic mass is 31.1. The first-order chi connectivity index (χ1) is 9.47. The number of benzene rings is 2. The Bertz CT molecular complexity index is 522. The summed E-state index contributed by atoms with van der Waals surface area (Å²) in [5, 5.41) is 1.48. The van der Waals surface area contributed by atoms with Crippen molar-refractivity contribution < 1.29 is 0 Å². The summed E-state index contributed by atoms with van der Waals surface area (Å²) in [6.07, 6.45) is 0. The number of rotatable bonds is 5. The summed E-state index contributed by atoms with van der Waals surface area (Å²) in [4.78, 5) is 0. The quantitative estimate of drug-likeness (QED) is 0.570. The van der Waals surface area contributed by atoms with Crippen LogP contribution in [0, 0.1) is 0 Å². The normalized spacial score (nSPS) is 13.0. The molecule has 1 unspecified atom stereocenters. The molecule has 2 aromatic rings. The van der Waals surface area contributed by atoms with Crippen LogP contribution in [-0.2, 0) is 0 Å². The van der Waals surface area contributed by atoms with Gasteiger partial charge in [-0.2, -0.15) is 0 Å². The van der Waals surface area contributed by atoms with Gasteiger partial charge in [0.1, 0.15) is 0 Å². The Balaban J connectivity index is 2.32. The lowest BCUT2D eigenvalue weighted by molar-refractivity contribution is 1.33. The molecule has 0 bridgehead atoms. The van der Waals surface area contributed by atoms with E-state index in [-0.39, 0.29) is 8.07 Å². The summed E-state index contributed by atoms with van der Waals surface area (Å²) < 4.78 is 2.49. The van der Waals surface area contributed by atoms with Crippen molar-refractivity contribution in [3.63, 3.8) is 0 Å². The first kappa shape index (κ1) is 15.3. The van der Waals surface area contributed by atoms with Gasteiger partial charge in [0.05, 0.1) is 8.07 Å². The van der Waals surface area contributed by atoms with E-state index >= 15 is 0 Å². The van der Waals surface area contributed by atoms with Gasteiger partial charge < -0.3 is 4.67 Å². The Morgan fingerprint density at radius 2 is 1.35 bits per heavy atom. The van der Waals surface area contributed by atoms with Gasteiger partial charge in [0.25, 0.3) is 0 Å². The molecule has 0 aliphatic rings. The Kier molecular flexibility index (Phi) is 5.01. The average molecular weight is 301 g/mol. The van der Waals surface area contributed by atoms with E-state index in [1.54, 1.807) is 0 Å². The van der Waals surface area contributed by atoms with Crippen LogP contribution in [0.3, 0.4) is 0 Å². The summed E-state index contributed by atoms with van der Waals surface area (Å²) in [7, 11) is 0.846. The van der Waals surface area contributed by atoms with Crippen LogP contribution in [0.2, 0.25) is 19.6 Å². The van der Waals surface area contributed by atoms with Gasteiger partial charge >= 0.3 is 0 Å². The first-order valence-corrected chi connectivity index (χ1v) is 12.3. The molecule has 2 aromatic carbocycles. The van der Waals surface area contributed by atoms with E-state index in [1.807, 2.05) is 0 Å². The lowest BCUT2D eigenvalue weighted by atomic mass is 10.3. The molecule has 0 heterocycles. The predicted octanol–water partition coefficient (Wildman–Crippen LogP) is 4.72. The fourth-order valence-corrected chi connectivity index (χ4v) is 8.65. The second kappa shape index (κ2) is 6.56. The molecule has 0 fully saturated rings. The maximum atomic E-state index is 2.49. The van der Waals surface area contributed by atoms with E-state index in [2.05, 4.69) is 92.0 Å². The lowest BCUT2D eigenvalue weighted by Gasteiger charge is -2.34. The molecule has 0 aromatic heterocycles. The van der Waals surface area contributed by atoms with E-state index < -0.39 is 8.07 Å². The maximum absolute atomic E-state index is 2.49. The Hall–Kier alpha value is -1.11. The minimum atomic E-state index is -1.11. The fraction of sp³-hybridized carbons (Fsp3) is 0.294. The van der Waals surface area contributed by atoms with E-state index in [1.165, 1.54) is 16.8 Å². The van der Waals surface area contributed by atoms with Crippen LogP contribution in [0.1, 0.15) is 0 Å². The van der Waals surface area contributed by atoms with Gasteiger partial charge in [-0.3, -0.25) is 0 Å². The molecular formula is C17H24NPSi. The number of hydrogen-bond acceptors (Lipinski definition) is 1. The van der Waals surface area contributed by atoms with E-state index in [0.717, 1.165) is 0 Å². The van der Waals surface area contributed by atoms with Crippen molar-refractivity contribution in [2.24, 2.45) is 0 Å². The predicted molar refractivity (Wildman–Crippen MR) is 96.1 cm³/mol. The summed E-state index contributed by atoms with van der Waals surface area (Å²) in [5.74, 6) is 1.33. The molecule has 1 nitrogen and oxygen atoms in total. The third kappa shape index (κ3) is 4.19. The van der Waals surface area contributed by atoms with Crippen LogP contribution in [0.15, 0.2) is 60.7 Å². The van der Waals surface area contributed by atoms with Crippen LogP contribution < -0.4 is 9.97 Å². The average Bonchev–Trinajstić information content (AvgIpc) is 2.45. The summed E-state index contributed by atoms with van der Waals surface area (Å²) in [6, 6.07) is 21.7. The van der Waals surface area contributed by atoms with Crippen LogP contribution in [-0.4, -0.2) is 20.9 Å². The van der Waals surface area contributed by atoms with Crippen LogP contribution in [0.25, 0.3) is 0 Å². The third-order valence-electron chi connectivity index (χ3n) is 3.17. The number of para-hydroxylation sites is 1. The molecule has 2 rings (SSSR count). The van der Waals surface area contributed by atoms with Crippen LogP contribution in [0.5, 0.6) is 0 Å². The van der Waals surface area contributed by atoms with Gasteiger partial charge in [0, 0.05) is 20.8 Å². The molecule has 0 aliphatic carbocycles. The topological polar surface area (TPSA) is 3.24 Å². The lowest BCUT2D eigenvalue weighted by Crippen LogP contribution is -2.32. The summed E-state index contributed by atoms with van der Waals surface area (Å²) in [5.41, 5.74) is 1.32. The van der Waals surface area contributed by atoms with Gasteiger partial charge in [-0.1, -0.05) is 68.2 Å². The SMILES string of the molecule is CN(c1ccccc1)P(C[Si](C)(C)C)c1ccccc1. The first-order valence-electron chi connectivity index (χ1n) is 7.09. The zero-order chi connectivity index (χ0) is 14.6. The largest absolute Gasteiger partial charge is 0.350 e. The zero-order valence-corrected chi connectivity index (χ0v) is 14.8. The molecule has 0 aliphatic heterocycles. The highest BCUT2D eigenvalue weighted by Gasteiger charge is 2.25. The molecule has 0 amide bonds. The smallest absolute Gasteiger partial charge is 0.0510 e. The standard InChI is InChI=1S/C17H24NPSi/c1-18(16-11-7-5-8-12-16)19(15-20(2,3)4)17-13-9-6-10-14-17/h5-14H,15H2,1-4H3. The van der Waals surface area contributed by atoms with Gasteiger partial charge in [-0.05, 0) is 23.2 Å². The molecule has 20 heavy (non-hydrogen) atoms. The van der Waals surface area contributed by atoms with Crippen molar-refractivity contribution in [3.8, 4) is 0 Å². The zero-order valence-electron chi connectivity index (χ0n) is 12.9. The molecule has 0 saturated heterocycles. The minimum Gasteiger partial charge on any atom is -0.350 e. The highest BCUT2D eigenvalue weighted by Crippen LogP contribution is 2.43. The van der Waals surface area contributed by atoms with Crippen LogP contribution in [0.4, 0.5) is 5.69 Å². The second-order valence-electron chi connectivity index (χ2n) is 6.31. The summed E-state index contributed by atoms with van der Waals surface area (Å²) in [6.45, 7) is 7.39. The van der Waals surface area contributed by atoms with Crippen molar-refractivity contribution in [2.45, 2.75) is 19.6 Å². The van der Waals surface area contributed by atoms with Gasteiger partial charge in [-0.25, -0.2) is 0 Å². The van der Waals surface area contributed by atoms with Crippen molar-refractivity contribution in [1.82, 2.24) is 0 Å². The van der Waals surface area contributed by atoms with Gasteiger partial charge in [-0.15, -0.1) is 0 Å². The third-order valence-corrected chi connectivity index (χ3v) is 10.0. The molecule has 0 saturated carbocycles.